The molecule has 0 aliphatic rings. The third-order valence-corrected chi connectivity index (χ3v) is 3.78. The second-order valence-electron chi connectivity index (χ2n) is 4.56. The van der Waals surface area contributed by atoms with E-state index in [-0.39, 0.29) is 0 Å². The summed E-state index contributed by atoms with van der Waals surface area (Å²) in [5, 5.41) is 2.64. The molecule has 0 aliphatic carbocycles. The molecule has 1 aromatic carbocycles. The molecule has 2 heterocycles. The summed E-state index contributed by atoms with van der Waals surface area (Å²) < 4.78 is 5.74. The molecule has 0 aliphatic heterocycles. The van der Waals surface area contributed by atoms with Crippen molar-refractivity contribution in [1.82, 2.24) is 9.97 Å². The first-order valence-electron chi connectivity index (χ1n) is 6.27. The fourth-order valence-corrected chi connectivity index (χ4v) is 2.69. The Bertz CT molecular complexity index is 702. The Morgan fingerprint density at radius 1 is 1.26 bits per heavy atom. The summed E-state index contributed by atoms with van der Waals surface area (Å²) in [7, 11) is 0. The molecule has 5 heteroatoms. The van der Waals surface area contributed by atoms with Crippen LogP contribution >= 0.6 is 11.3 Å². The summed E-state index contributed by atoms with van der Waals surface area (Å²) in [5.41, 5.74) is 9.65. The zero-order valence-electron chi connectivity index (χ0n) is 10.7. The van der Waals surface area contributed by atoms with E-state index >= 15 is 0 Å². The van der Waals surface area contributed by atoms with Crippen LogP contribution < -0.4 is 5.73 Å². The lowest BCUT2D eigenvalue weighted by atomic mass is 10.2. The van der Waals surface area contributed by atoms with Gasteiger partial charge in [-0.05, 0) is 31.4 Å². The summed E-state index contributed by atoms with van der Waals surface area (Å²) in [4.78, 5) is 8.78. The maximum atomic E-state index is 5.74. The molecule has 0 saturated heterocycles. The Labute approximate surface area is 115 Å². The number of aromatic nitrogens is 2. The summed E-state index contributed by atoms with van der Waals surface area (Å²) >= 11 is 1.48. The molecule has 98 valence electrons. The van der Waals surface area contributed by atoms with Crippen LogP contribution in [0, 0.1) is 6.92 Å². The molecule has 2 aromatic heterocycles. The molecule has 0 amide bonds. The quantitative estimate of drug-likeness (QED) is 0.791. The Kier molecular flexibility index (Phi) is 3.21. The van der Waals surface area contributed by atoms with Crippen LogP contribution in [0.15, 0.2) is 28.0 Å². The minimum absolute atomic E-state index is 0.632. The highest BCUT2D eigenvalue weighted by Crippen LogP contribution is 2.20. The maximum Gasteiger partial charge on any atom is 0.195 e. The summed E-state index contributed by atoms with van der Waals surface area (Å²) in [5.74, 6) is 0.799. The standard InChI is InChI=1S/C14H15N3OS/c1-9-4-2-6-11-13(9)17-12(18-11)7-3-5-10-8-19-14(15)16-10/h2,4,6,8H,3,5,7H2,1H3,(H2,15,16). The number of aryl methyl sites for hydroxylation is 3. The van der Waals surface area contributed by atoms with Crippen molar-refractivity contribution < 1.29 is 4.42 Å². The van der Waals surface area contributed by atoms with E-state index in [9.17, 15) is 0 Å². The highest BCUT2D eigenvalue weighted by molar-refractivity contribution is 7.13. The molecular weight excluding hydrogens is 258 g/mol. The molecule has 19 heavy (non-hydrogen) atoms. The van der Waals surface area contributed by atoms with Gasteiger partial charge in [0.25, 0.3) is 0 Å². The first-order chi connectivity index (χ1) is 9.22. The van der Waals surface area contributed by atoms with E-state index in [1.807, 2.05) is 30.5 Å². The van der Waals surface area contributed by atoms with Crippen LogP contribution in [0.3, 0.4) is 0 Å². The van der Waals surface area contributed by atoms with Crippen molar-refractivity contribution in [3.63, 3.8) is 0 Å². The van der Waals surface area contributed by atoms with Gasteiger partial charge in [-0.3, -0.25) is 0 Å². The fourth-order valence-electron chi connectivity index (χ4n) is 2.10. The van der Waals surface area contributed by atoms with Crippen LogP contribution in [0.5, 0.6) is 0 Å². The van der Waals surface area contributed by atoms with Gasteiger partial charge < -0.3 is 10.2 Å². The second kappa shape index (κ2) is 5.01. The lowest BCUT2D eigenvalue weighted by Gasteiger charge is -1.94. The van der Waals surface area contributed by atoms with Gasteiger partial charge in [-0.1, -0.05) is 12.1 Å². The Balaban J connectivity index is 1.67. The zero-order valence-corrected chi connectivity index (χ0v) is 11.5. The first kappa shape index (κ1) is 12.2. The van der Waals surface area contributed by atoms with Gasteiger partial charge in [0, 0.05) is 11.8 Å². The van der Waals surface area contributed by atoms with E-state index in [4.69, 9.17) is 10.2 Å². The van der Waals surface area contributed by atoms with E-state index in [0.29, 0.717) is 5.13 Å². The number of hydrogen-bond donors (Lipinski definition) is 1. The molecule has 0 spiro atoms. The maximum absolute atomic E-state index is 5.74. The van der Waals surface area contributed by atoms with Crippen LogP contribution in [0.2, 0.25) is 0 Å². The van der Waals surface area contributed by atoms with Gasteiger partial charge in [-0.15, -0.1) is 11.3 Å². The molecule has 0 radical (unpaired) electrons. The average molecular weight is 273 g/mol. The largest absolute Gasteiger partial charge is 0.441 e. The molecule has 4 nitrogen and oxygen atoms in total. The molecular formula is C14H15N3OS. The Hall–Kier alpha value is -1.88. The normalized spacial score (nSPS) is 11.2. The number of nitrogen functional groups attached to an aromatic ring is 1. The van der Waals surface area contributed by atoms with Crippen LogP contribution in [-0.4, -0.2) is 9.97 Å². The predicted molar refractivity (Wildman–Crippen MR) is 77.3 cm³/mol. The molecule has 0 saturated carbocycles. The molecule has 3 aromatic rings. The molecule has 0 fully saturated rings. The number of nitrogens with two attached hydrogens (primary N) is 1. The van der Waals surface area contributed by atoms with Crippen LogP contribution in [0.4, 0.5) is 5.13 Å². The summed E-state index contributed by atoms with van der Waals surface area (Å²) in [6.07, 6.45) is 2.70. The second-order valence-corrected chi connectivity index (χ2v) is 5.45. The number of benzene rings is 1. The van der Waals surface area contributed by atoms with Crippen LogP contribution in [-0.2, 0) is 12.8 Å². The SMILES string of the molecule is Cc1cccc2oc(CCCc3csc(N)n3)nc12. The minimum atomic E-state index is 0.632. The monoisotopic (exact) mass is 273 g/mol. The number of hydrogen-bond acceptors (Lipinski definition) is 5. The van der Waals surface area contributed by atoms with Crippen molar-refractivity contribution in [2.24, 2.45) is 0 Å². The topological polar surface area (TPSA) is 64.9 Å². The number of oxazole rings is 1. The van der Waals surface area contributed by atoms with Gasteiger partial charge in [-0.25, -0.2) is 9.97 Å². The van der Waals surface area contributed by atoms with Crippen molar-refractivity contribution in [3.05, 3.63) is 40.7 Å². The number of rotatable bonds is 4. The van der Waals surface area contributed by atoms with Gasteiger partial charge in [0.1, 0.15) is 5.52 Å². The van der Waals surface area contributed by atoms with E-state index in [1.54, 1.807) is 0 Å². The number of anilines is 1. The minimum Gasteiger partial charge on any atom is -0.441 e. The van der Waals surface area contributed by atoms with Gasteiger partial charge in [0.15, 0.2) is 16.6 Å². The van der Waals surface area contributed by atoms with Gasteiger partial charge in [0.05, 0.1) is 5.69 Å². The molecule has 2 N–H and O–H groups in total. The van der Waals surface area contributed by atoms with E-state index in [2.05, 4.69) is 9.97 Å². The number of thiazole rings is 1. The number of fused-ring (bicyclic) bond motifs is 1. The number of nitrogens with zero attached hydrogens (tertiary/aromatic N) is 2. The lowest BCUT2D eigenvalue weighted by molar-refractivity contribution is 0.519. The van der Waals surface area contributed by atoms with Crippen molar-refractivity contribution in [3.8, 4) is 0 Å². The van der Waals surface area contributed by atoms with Crippen LogP contribution in [0.25, 0.3) is 11.1 Å². The Morgan fingerprint density at radius 3 is 2.89 bits per heavy atom. The molecule has 3 rings (SSSR count). The summed E-state index contributed by atoms with van der Waals surface area (Å²) in [6.45, 7) is 2.05. The molecule has 0 bridgehead atoms. The van der Waals surface area contributed by atoms with Crippen molar-refractivity contribution in [1.29, 1.82) is 0 Å². The smallest absolute Gasteiger partial charge is 0.195 e. The number of para-hydroxylation sites is 1. The van der Waals surface area contributed by atoms with E-state index in [1.165, 1.54) is 11.3 Å². The van der Waals surface area contributed by atoms with Crippen molar-refractivity contribution in [2.75, 3.05) is 5.73 Å². The average Bonchev–Trinajstić information content (AvgIpc) is 2.97. The summed E-state index contributed by atoms with van der Waals surface area (Å²) in [6, 6.07) is 6.00. The highest BCUT2D eigenvalue weighted by Gasteiger charge is 2.07. The first-order valence-corrected chi connectivity index (χ1v) is 7.15. The van der Waals surface area contributed by atoms with Gasteiger partial charge in [-0.2, -0.15) is 0 Å². The third-order valence-electron chi connectivity index (χ3n) is 3.06. The van der Waals surface area contributed by atoms with Gasteiger partial charge in [0.2, 0.25) is 0 Å². The third kappa shape index (κ3) is 2.61. The van der Waals surface area contributed by atoms with E-state index < -0.39 is 0 Å². The zero-order chi connectivity index (χ0) is 13.2. The Morgan fingerprint density at radius 2 is 2.16 bits per heavy atom. The fraction of sp³-hybridized carbons (Fsp3) is 0.286. The van der Waals surface area contributed by atoms with E-state index in [0.717, 1.165) is 47.5 Å². The van der Waals surface area contributed by atoms with Gasteiger partial charge >= 0.3 is 0 Å². The molecule has 0 atom stereocenters. The van der Waals surface area contributed by atoms with Crippen molar-refractivity contribution in [2.45, 2.75) is 26.2 Å². The lowest BCUT2D eigenvalue weighted by Crippen LogP contribution is -1.91. The van der Waals surface area contributed by atoms with Crippen LogP contribution in [0.1, 0.15) is 23.6 Å². The molecule has 0 unspecified atom stereocenters. The predicted octanol–water partition coefficient (Wildman–Crippen LogP) is 3.35. The highest BCUT2D eigenvalue weighted by atomic mass is 32.1. The van der Waals surface area contributed by atoms with Crippen molar-refractivity contribution >= 4 is 27.6 Å².